The van der Waals surface area contributed by atoms with Gasteiger partial charge in [0.1, 0.15) is 5.75 Å². The van der Waals surface area contributed by atoms with Crippen molar-refractivity contribution in [2.75, 3.05) is 18.2 Å². The third-order valence-corrected chi connectivity index (χ3v) is 5.53. The number of rotatable bonds is 10. The van der Waals surface area contributed by atoms with Crippen LogP contribution in [0.15, 0.2) is 64.5 Å². The lowest BCUT2D eigenvalue weighted by Crippen LogP contribution is -2.26. The fraction of sp³-hybridized carbons (Fsp3) is 0.208. The molecule has 2 aromatic carbocycles. The minimum Gasteiger partial charge on any atom is -0.497 e. The molecule has 34 heavy (non-hydrogen) atoms. The Morgan fingerprint density at radius 3 is 2.53 bits per heavy atom. The third-order valence-electron chi connectivity index (χ3n) is 4.65. The molecule has 10 heteroatoms. The van der Waals surface area contributed by atoms with Crippen LogP contribution in [0.1, 0.15) is 28.5 Å². The number of Topliss-reactive ketones (excluding diaryl/α,β-unsaturated/α-hetero) is 1. The minimum absolute atomic E-state index is 0.00287. The van der Waals surface area contributed by atoms with Gasteiger partial charge >= 0.3 is 0 Å². The zero-order valence-corrected chi connectivity index (χ0v) is 19.5. The second-order valence-electron chi connectivity index (χ2n) is 7.32. The van der Waals surface area contributed by atoms with Gasteiger partial charge in [0, 0.05) is 23.9 Å². The molecule has 9 nitrogen and oxygen atoms in total. The maximum Gasteiger partial charge on any atom is 0.251 e. The summed E-state index contributed by atoms with van der Waals surface area (Å²) in [4.78, 5) is 54.7. The number of hydrogen-bond donors (Lipinski definition) is 3. The summed E-state index contributed by atoms with van der Waals surface area (Å²) in [5.41, 5.74) is 1.88. The van der Waals surface area contributed by atoms with E-state index in [2.05, 4.69) is 20.6 Å². The molecule has 0 saturated heterocycles. The molecule has 0 unspecified atom stereocenters. The second-order valence-corrected chi connectivity index (χ2v) is 8.28. The van der Waals surface area contributed by atoms with Gasteiger partial charge in [0.2, 0.25) is 11.8 Å². The molecule has 0 fully saturated rings. The highest BCUT2D eigenvalue weighted by atomic mass is 32.2. The Morgan fingerprint density at radius 2 is 1.82 bits per heavy atom. The first-order valence-electron chi connectivity index (χ1n) is 10.4. The lowest BCUT2D eigenvalue weighted by molar-refractivity contribution is -0.120. The van der Waals surface area contributed by atoms with Crippen LogP contribution in [0.25, 0.3) is 0 Å². The van der Waals surface area contributed by atoms with Crippen molar-refractivity contribution in [1.29, 1.82) is 0 Å². The lowest BCUT2D eigenvalue weighted by atomic mass is 10.1. The summed E-state index contributed by atoms with van der Waals surface area (Å²) in [5.74, 6) is 0.0514. The maximum absolute atomic E-state index is 12.3. The number of carbonyl (C=O) groups is 3. The van der Waals surface area contributed by atoms with Crippen molar-refractivity contribution in [2.24, 2.45) is 0 Å². The maximum atomic E-state index is 12.3. The molecule has 0 saturated carbocycles. The number of ether oxygens (including phenoxy) is 1. The number of benzene rings is 2. The molecule has 0 atom stereocenters. The Hall–Kier alpha value is -3.92. The summed E-state index contributed by atoms with van der Waals surface area (Å²) in [6.07, 6.45) is -0.0733. The Morgan fingerprint density at radius 1 is 1.06 bits per heavy atom. The van der Waals surface area contributed by atoms with Crippen molar-refractivity contribution >= 4 is 35.0 Å². The highest BCUT2D eigenvalue weighted by molar-refractivity contribution is 7.99. The number of aromatic nitrogens is 2. The predicted molar refractivity (Wildman–Crippen MR) is 129 cm³/mol. The molecular formula is C24H24N4O5S. The molecule has 3 rings (SSSR count). The number of nitrogens with zero attached hydrogens (tertiary/aromatic N) is 1. The van der Waals surface area contributed by atoms with E-state index in [0.29, 0.717) is 29.2 Å². The van der Waals surface area contributed by atoms with Crippen molar-refractivity contribution < 1.29 is 19.1 Å². The Kier molecular flexibility index (Phi) is 8.58. The number of amides is 2. The number of methoxy groups -OCH3 is 1. The molecule has 0 radical (unpaired) electrons. The van der Waals surface area contributed by atoms with E-state index in [1.54, 1.807) is 31.4 Å². The number of H-pyrrole nitrogens is 1. The number of carbonyl (C=O) groups excluding carboxylic acids is 3. The highest BCUT2D eigenvalue weighted by Crippen LogP contribution is 2.15. The SMILES string of the molecule is COc1cccc(CNC(=O)Cc2cc(=O)[nH]c(SCC(=O)Nc3ccc(C(C)=O)cc3)n2)c1. The molecule has 1 aromatic heterocycles. The molecule has 2 amide bonds. The van der Waals surface area contributed by atoms with Crippen LogP contribution < -0.4 is 20.9 Å². The van der Waals surface area contributed by atoms with Gasteiger partial charge in [-0.15, -0.1) is 0 Å². The van der Waals surface area contributed by atoms with Crippen LogP contribution in [0.2, 0.25) is 0 Å². The minimum atomic E-state index is -0.409. The van der Waals surface area contributed by atoms with Crippen molar-refractivity contribution in [2.45, 2.75) is 25.0 Å². The molecule has 0 bridgehead atoms. The molecule has 176 valence electrons. The van der Waals surface area contributed by atoms with Crippen LogP contribution in [-0.2, 0) is 22.6 Å². The standard InChI is InChI=1S/C24H24N4O5S/c1-15(29)17-6-8-18(9-7-17)26-23(32)14-34-24-27-19(12-22(31)28-24)11-21(30)25-13-16-4-3-5-20(10-16)33-2/h3-10,12H,11,13-14H2,1-2H3,(H,25,30)(H,26,32)(H,27,28,31). The molecular weight excluding hydrogens is 456 g/mol. The van der Waals surface area contributed by atoms with Gasteiger partial charge in [0.05, 0.1) is 25.0 Å². The third kappa shape index (κ3) is 7.59. The molecule has 3 aromatic rings. The number of thioether (sulfide) groups is 1. The van der Waals surface area contributed by atoms with E-state index in [9.17, 15) is 19.2 Å². The highest BCUT2D eigenvalue weighted by Gasteiger charge is 2.10. The van der Waals surface area contributed by atoms with Crippen LogP contribution in [0.5, 0.6) is 5.75 Å². The van der Waals surface area contributed by atoms with Crippen molar-refractivity contribution in [3.05, 3.63) is 81.8 Å². The monoisotopic (exact) mass is 480 g/mol. The quantitative estimate of drug-likeness (QED) is 0.231. The number of aromatic amines is 1. The fourth-order valence-electron chi connectivity index (χ4n) is 2.97. The fourth-order valence-corrected chi connectivity index (χ4v) is 3.67. The summed E-state index contributed by atoms with van der Waals surface area (Å²) in [6, 6.07) is 15.1. The summed E-state index contributed by atoms with van der Waals surface area (Å²) in [5, 5.41) is 5.74. The van der Waals surface area contributed by atoms with E-state index in [-0.39, 0.29) is 34.9 Å². The van der Waals surface area contributed by atoms with Gasteiger partial charge in [-0.1, -0.05) is 23.9 Å². The van der Waals surface area contributed by atoms with Gasteiger partial charge in [-0.25, -0.2) is 4.98 Å². The van der Waals surface area contributed by atoms with Gasteiger partial charge in [-0.2, -0.15) is 0 Å². The first kappa shape index (κ1) is 24.7. The van der Waals surface area contributed by atoms with Crippen molar-refractivity contribution in [3.63, 3.8) is 0 Å². The topological polar surface area (TPSA) is 130 Å². The Balaban J connectivity index is 1.52. The molecule has 3 N–H and O–H groups in total. The first-order chi connectivity index (χ1) is 16.3. The number of ketones is 1. The first-order valence-corrected chi connectivity index (χ1v) is 11.3. The van der Waals surface area contributed by atoms with Gasteiger partial charge < -0.3 is 20.4 Å². The van der Waals surface area contributed by atoms with Gasteiger partial charge in [-0.3, -0.25) is 19.2 Å². The summed E-state index contributed by atoms with van der Waals surface area (Å²) in [6.45, 7) is 1.78. The van der Waals surface area contributed by atoms with Crippen LogP contribution in [0.4, 0.5) is 5.69 Å². The van der Waals surface area contributed by atoms with E-state index < -0.39 is 5.56 Å². The number of nitrogens with one attached hydrogen (secondary N) is 3. The summed E-state index contributed by atoms with van der Waals surface area (Å²) < 4.78 is 5.17. The zero-order valence-electron chi connectivity index (χ0n) is 18.7. The van der Waals surface area contributed by atoms with E-state index in [1.807, 2.05) is 24.3 Å². The normalized spacial score (nSPS) is 10.4. The zero-order chi connectivity index (χ0) is 24.5. The average Bonchev–Trinajstić information content (AvgIpc) is 2.81. The molecule has 0 aliphatic carbocycles. The average molecular weight is 481 g/mol. The van der Waals surface area contributed by atoms with Gasteiger partial charge in [0.25, 0.3) is 5.56 Å². The lowest BCUT2D eigenvalue weighted by Gasteiger charge is -2.08. The predicted octanol–water partition coefficient (Wildman–Crippen LogP) is 2.57. The molecule has 0 aliphatic rings. The summed E-state index contributed by atoms with van der Waals surface area (Å²) >= 11 is 1.05. The van der Waals surface area contributed by atoms with Gasteiger partial charge in [-0.05, 0) is 48.9 Å². The summed E-state index contributed by atoms with van der Waals surface area (Å²) in [7, 11) is 1.57. The molecule has 0 spiro atoms. The van der Waals surface area contributed by atoms with Crippen LogP contribution in [0.3, 0.4) is 0 Å². The Bertz CT molecular complexity index is 1240. The van der Waals surface area contributed by atoms with E-state index in [1.165, 1.54) is 13.0 Å². The number of hydrogen-bond acceptors (Lipinski definition) is 7. The van der Waals surface area contributed by atoms with Crippen LogP contribution in [-0.4, -0.2) is 40.4 Å². The second kappa shape index (κ2) is 11.8. The van der Waals surface area contributed by atoms with Crippen LogP contribution in [0, 0.1) is 0 Å². The van der Waals surface area contributed by atoms with Crippen molar-refractivity contribution in [1.82, 2.24) is 15.3 Å². The van der Waals surface area contributed by atoms with Crippen molar-refractivity contribution in [3.8, 4) is 5.75 Å². The van der Waals surface area contributed by atoms with E-state index in [4.69, 9.17) is 4.74 Å². The smallest absolute Gasteiger partial charge is 0.251 e. The van der Waals surface area contributed by atoms with E-state index in [0.717, 1.165) is 17.3 Å². The number of anilines is 1. The molecule has 0 aliphatic heterocycles. The largest absolute Gasteiger partial charge is 0.497 e. The van der Waals surface area contributed by atoms with E-state index >= 15 is 0 Å². The van der Waals surface area contributed by atoms with Gasteiger partial charge in [0.15, 0.2) is 10.9 Å². The van der Waals surface area contributed by atoms with Crippen LogP contribution >= 0.6 is 11.8 Å². The molecule has 1 heterocycles. The Labute approximate surface area is 200 Å².